The van der Waals surface area contributed by atoms with Crippen molar-refractivity contribution < 1.29 is 4.79 Å². The SMILES string of the molecule is Cn1cc(/C=C/C(=O)NCc2ccnn2C)cn1. The van der Waals surface area contributed by atoms with Crippen molar-refractivity contribution in [3.63, 3.8) is 0 Å². The van der Waals surface area contributed by atoms with Crippen molar-refractivity contribution in [2.75, 3.05) is 0 Å². The van der Waals surface area contributed by atoms with Crippen LogP contribution in [-0.4, -0.2) is 25.5 Å². The fourth-order valence-corrected chi connectivity index (χ4v) is 1.51. The molecule has 0 radical (unpaired) electrons. The van der Waals surface area contributed by atoms with Gasteiger partial charge < -0.3 is 5.32 Å². The minimum atomic E-state index is -0.139. The van der Waals surface area contributed by atoms with Crippen molar-refractivity contribution >= 4 is 12.0 Å². The van der Waals surface area contributed by atoms with Crippen LogP contribution in [0.3, 0.4) is 0 Å². The smallest absolute Gasteiger partial charge is 0.244 e. The van der Waals surface area contributed by atoms with Gasteiger partial charge in [-0.1, -0.05) is 0 Å². The normalized spacial score (nSPS) is 11.0. The molecule has 0 bridgehead atoms. The van der Waals surface area contributed by atoms with Crippen LogP contribution in [0.4, 0.5) is 0 Å². The third kappa shape index (κ3) is 3.07. The molecule has 6 heteroatoms. The van der Waals surface area contributed by atoms with Gasteiger partial charge in [-0.25, -0.2) is 0 Å². The summed E-state index contributed by atoms with van der Waals surface area (Å²) in [6, 6.07) is 1.87. The predicted octanol–water partition coefficient (Wildman–Crippen LogP) is 0.483. The maximum absolute atomic E-state index is 11.6. The number of rotatable bonds is 4. The highest BCUT2D eigenvalue weighted by Crippen LogP contribution is 1.99. The Morgan fingerprint density at radius 3 is 2.89 bits per heavy atom. The molecular formula is C12H15N5O. The highest BCUT2D eigenvalue weighted by atomic mass is 16.1. The largest absolute Gasteiger partial charge is 0.347 e. The van der Waals surface area contributed by atoms with Gasteiger partial charge in [-0.05, 0) is 12.1 Å². The first-order valence-corrected chi connectivity index (χ1v) is 5.56. The van der Waals surface area contributed by atoms with E-state index in [1.165, 1.54) is 6.08 Å². The van der Waals surface area contributed by atoms with Gasteiger partial charge in [0.25, 0.3) is 0 Å². The zero-order chi connectivity index (χ0) is 13.0. The minimum absolute atomic E-state index is 0.139. The molecule has 2 heterocycles. The number of nitrogens with one attached hydrogen (secondary N) is 1. The Morgan fingerprint density at radius 2 is 2.28 bits per heavy atom. The van der Waals surface area contributed by atoms with Crippen molar-refractivity contribution in [2.24, 2.45) is 14.1 Å². The molecule has 6 nitrogen and oxygen atoms in total. The molecule has 1 N–H and O–H groups in total. The summed E-state index contributed by atoms with van der Waals surface area (Å²) in [6.07, 6.45) is 8.46. The predicted molar refractivity (Wildman–Crippen MR) is 67.3 cm³/mol. The molecule has 2 aromatic heterocycles. The van der Waals surface area contributed by atoms with Crippen LogP contribution in [0.1, 0.15) is 11.3 Å². The first-order valence-electron chi connectivity index (χ1n) is 5.56. The van der Waals surface area contributed by atoms with E-state index in [0.717, 1.165) is 11.3 Å². The summed E-state index contributed by atoms with van der Waals surface area (Å²) in [5, 5.41) is 10.8. The molecule has 0 aliphatic carbocycles. The number of carbonyl (C=O) groups excluding carboxylic acids is 1. The first kappa shape index (κ1) is 12.1. The minimum Gasteiger partial charge on any atom is -0.347 e. The maximum atomic E-state index is 11.6. The van der Waals surface area contributed by atoms with Crippen molar-refractivity contribution in [1.29, 1.82) is 0 Å². The van der Waals surface area contributed by atoms with Crippen molar-refractivity contribution in [1.82, 2.24) is 24.9 Å². The van der Waals surface area contributed by atoms with Crippen LogP contribution in [0, 0.1) is 0 Å². The van der Waals surface area contributed by atoms with Crippen molar-refractivity contribution in [2.45, 2.75) is 6.54 Å². The average molecular weight is 245 g/mol. The second-order valence-corrected chi connectivity index (χ2v) is 3.94. The zero-order valence-corrected chi connectivity index (χ0v) is 10.4. The Hall–Kier alpha value is -2.37. The van der Waals surface area contributed by atoms with Gasteiger partial charge in [0.1, 0.15) is 0 Å². The first-order chi connectivity index (χ1) is 8.65. The van der Waals surface area contributed by atoms with Gasteiger partial charge in [0.15, 0.2) is 0 Å². The summed E-state index contributed by atoms with van der Waals surface area (Å²) in [6.45, 7) is 0.465. The van der Waals surface area contributed by atoms with Crippen LogP contribution in [0.15, 0.2) is 30.7 Å². The maximum Gasteiger partial charge on any atom is 0.244 e. The van der Waals surface area contributed by atoms with E-state index in [9.17, 15) is 4.79 Å². The van der Waals surface area contributed by atoms with E-state index in [1.807, 2.05) is 26.4 Å². The van der Waals surface area contributed by atoms with Crippen LogP contribution in [-0.2, 0) is 25.4 Å². The molecule has 0 aliphatic heterocycles. The number of carbonyl (C=O) groups is 1. The lowest BCUT2D eigenvalue weighted by atomic mass is 10.3. The van der Waals surface area contributed by atoms with E-state index >= 15 is 0 Å². The summed E-state index contributed by atoms with van der Waals surface area (Å²) in [7, 11) is 3.67. The van der Waals surface area contributed by atoms with Gasteiger partial charge >= 0.3 is 0 Å². The average Bonchev–Trinajstić information content (AvgIpc) is 2.93. The molecule has 0 fully saturated rings. The van der Waals surface area contributed by atoms with Gasteiger partial charge in [-0.3, -0.25) is 14.2 Å². The summed E-state index contributed by atoms with van der Waals surface area (Å²) < 4.78 is 3.42. The number of hydrogen-bond donors (Lipinski definition) is 1. The Labute approximate surface area is 105 Å². The fraction of sp³-hybridized carbons (Fsp3) is 0.250. The molecule has 0 aromatic carbocycles. The molecule has 18 heavy (non-hydrogen) atoms. The molecule has 2 rings (SSSR count). The van der Waals surface area contributed by atoms with Crippen LogP contribution >= 0.6 is 0 Å². The van der Waals surface area contributed by atoms with Crippen molar-refractivity contribution in [3.05, 3.63) is 42.0 Å². The van der Waals surface area contributed by atoms with Crippen LogP contribution in [0.25, 0.3) is 6.08 Å². The van der Waals surface area contributed by atoms with Gasteiger partial charge in [0, 0.05) is 38.1 Å². The topological polar surface area (TPSA) is 64.7 Å². The lowest BCUT2D eigenvalue weighted by Gasteiger charge is -2.02. The third-order valence-corrected chi connectivity index (χ3v) is 2.52. The molecule has 94 valence electrons. The molecule has 2 aromatic rings. The fourth-order valence-electron chi connectivity index (χ4n) is 1.51. The monoisotopic (exact) mass is 245 g/mol. The van der Waals surface area contributed by atoms with E-state index < -0.39 is 0 Å². The van der Waals surface area contributed by atoms with Gasteiger partial charge in [-0.15, -0.1) is 0 Å². The quantitative estimate of drug-likeness (QED) is 0.797. The molecule has 0 aliphatic rings. The number of amides is 1. The van der Waals surface area contributed by atoms with Crippen LogP contribution < -0.4 is 5.32 Å². The third-order valence-electron chi connectivity index (χ3n) is 2.52. The Morgan fingerprint density at radius 1 is 1.44 bits per heavy atom. The Bertz CT molecular complexity index is 567. The van der Waals surface area contributed by atoms with Gasteiger partial charge in [-0.2, -0.15) is 10.2 Å². The number of aryl methyl sites for hydroxylation is 2. The summed E-state index contributed by atoms with van der Waals surface area (Å²) in [5.41, 5.74) is 1.85. The number of aromatic nitrogens is 4. The number of nitrogens with zero attached hydrogens (tertiary/aromatic N) is 4. The zero-order valence-electron chi connectivity index (χ0n) is 10.4. The molecule has 0 atom stereocenters. The highest BCUT2D eigenvalue weighted by molar-refractivity contribution is 5.91. The molecule has 0 saturated heterocycles. The van der Waals surface area contributed by atoms with E-state index in [0.29, 0.717) is 6.54 Å². The lowest BCUT2D eigenvalue weighted by Crippen LogP contribution is -2.21. The molecule has 0 unspecified atom stereocenters. The van der Waals surface area contributed by atoms with Crippen LogP contribution in [0.5, 0.6) is 0 Å². The molecule has 0 spiro atoms. The standard InChI is InChI=1S/C12H15N5O/c1-16-9-10(7-15-16)3-4-12(18)13-8-11-5-6-14-17(11)2/h3-7,9H,8H2,1-2H3,(H,13,18)/b4-3+. The van der Waals surface area contributed by atoms with Crippen LogP contribution in [0.2, 0.25) is 0 Å². The molecule has 0 saturated carbocycles. The van der Waals surface area contributed by atoms with Gasteiger partial charge in [0.05, 0.1) is 18.4 Å². The lowest BCUT2D eigenvalue weighted by molar-refractivity contribution is -0.116. The summed E-state index contributed by atoms with van der Waals surface area (Å²) in [5.74, 6) is -0.139. The van der Waals surface area contributed by atoms with Gasteiger partial charge in [0.2, 0.25) is 5.91 Å². The summed E-state index contributed by atoms with van der Waals surface area (Å²) >= 11 is 0. The number of hydrogen-bond acceptors (Lipinski definition) is 3. The second-order valence-electron chi connectivity index (χ2n) is 3.94. The van der Waals surface area contributed by atoms with E-state index in [-0.39, 0.29) is 5.91 Å². The Kier molecular flexibility index (Phi) is 3.57. The summed E-state index contributed by atoms with van der Waals surface area (Å²) in [4.78, 5) is 11.6. The van der Waals surface area contributed by atoms with E-state index in [4.69, 9.17) is 0 Å². The van der Waals surface area contributed by atoms with E-state index in [1.54, 1.807) is 27.8 Å². The Balaban J connectivity index is 1.86. The molecular weight excluding hydrogens is 230 g/mol. The second kappa shape index (κ2) is 5.31. The highest BCUT2D eigenvalue weighted by Gasteiger charge is 2.00. The molecule has 1 amide bonds. The van der Waals surface area contributed by atoms with Crippen molar-refractivity contribution in [3.8, 4) is 0 Å². The van der Waals surface area contributed by atoms with E-state index in [2.05, 4.69) is 15.5 Å².